The van der Waals surface area contributed by atoms with Gasteiger partial charge in [-0.25, -0.2) is 19.4 Å². The van der Waals surface area contributed by atoms with Gasteiger partial charge in [-0.3, -0.25) is 10.1 Å². The Morgan fingerprint density at radius 1 is 0.886 bits per heavy atom. The molecule has 0 saturated carbocycles. The minimum absolute atomic E-state index is 0.148. The highest BCUT2D eigenvalue weighted by Crippen LogP contribution is 2.33. The number of carbonyl (C=O) groups is 2. The Balaban J connectivity index is 1.28. The molecule has 44 heavy (non-hydrogen) atoms. The van der Waals surface area contributed by atoms with E-state index in [4.69, 9.17) is 9.84 Å². The van der Waals surface area contributed by atoms with Crippen molar-refractivity contribution in [2.24, 2.45) is 0 Å². The van der Waals surface area contributed by atoms with Crippen LogP contribution in [0.3, 0.4) is 0 Å². The summed E-state index contributed by atoms with van der Waals surface area (Å²) in [6.07, 6.45) is 1.60. The average molecular weight is 590 g/mol. The topological polar surface area (TPSA) is 114 Å². The molecule has 0 radical (unpaired) electrons. The summed E-state index contributed by atoms with van der Waals surface area (Å²) in [6.45, 7) is 10.3. The van der Waals surface area contributed by atoms with Gasteiger partial charge in [0.2, 0.25) is 5.82 Å². The second kappa shape index (κ2) is 11.9. The van der Waals surface area contributed by atoms with Crippen LogP contribution < -0.4 is 10.6 Å². The highest BCUT2D eigenvalue weighted by molar-refractivity contribution is 6.09. The van der Waals surface area contributed by atoms with Crippen LogP contribution in [0.4, 0.5) is 16.3 Å². The molecule has 2 aromatic heterocycles. The number of nitrogens with zero attached hydrogens (tertiary/aromatic N) is 5. The number of amides is 3. The molecule has 3 aromatic carbocycles. The summed E-state index contributed by atoms with van der Waals surface area (Å²) in [5.74, 6) is 0.499. The van der Waals surface area contributed by atoms with Crippen LogP contribution in [0.5, 0.6) is 0 Å². The summed E-state index contributed by atoms with van der Waals surface area (Å²) in [4.78, 5) is 37.0. The fraction of sp³-hybridized carbons (Fsp3) is 0.265. The molecule has 1 saturated heterocycles. The van der Waals surface area contributed by atoms with E-state index in [1.165, 1.54) is 0 Å². The first-order valence-corrected chi connectivity index (χ1v) is 14.7. The SMILES string of the molecule is Cc1ccc(-n2nc(C(C)(C)C)cc2NC(=O)Nc2ccc(-c3ccnc(C(=O)N4CCOCC4)n3)c3ccccc23)cc1. The van der Waals surface area contributed by atoms with Gasteiger partial charge < -0.3 is 15.0 Å². The number of anilines is 2. The van der Waals surface area contributed by atoms with Crippen molar-refractivity contribution in [3.8, 4) is 16.9 Å². The van der Waals surface area contributed by atoms with Crippen molar-refractivity contribution in [3.05, 3.63) is 96.1 Å². The minimum Gasteiger partial charge on any atom is -0.378 e. The standard InChI is InChI=1S/C34H35N7O3/c1-22-9-11-23(12-10-22)41-30(21-29(39-41)34(2,3)4)38-33(43)37-27-14-13-26(24-7-5-6-8-25(24)27)28-15-16-35-31(36-28)32(42)40-17-19-44-20-18-40/h5-16,21H,17-20H2,1-4H3,(H2,37,38,43). The maximum Gasteiger partial charge on any atom is 0.324 e. The number of fused-ring (bicyclic) bond motifs is 1. The molecular weight excluding hydrogens is 554 g/mol. The first kappa shape index (κ1) is 29.0. The van der Waals surface area contributed by atoms with Gasteiger partial charge in [0.1, 0.15) is 5.82 Å². The Morgan fingerprint density at radius 3 is 2.34 bits per heavy atom. The van der Waals surface area contributed by atoms with Crippen molar-refractivity contribution in [2.75, 3.05) is 36.9 Å². The second-order valence-electron chi connectivity index (χ2n) is 11.9. The molecule has 6 rings (SSSR count). The van der Waals surface area contributed by atoms with Crippen molar-refractivity contribution >= 4 is 34.2 Å². The van der Waals surface area contributed by atoms with Crippen LogP contribution in [-0.4, -0.2) is 62.9 Å². The van der Waals surface area contributed by atoms with Gasteiger partial charge in [0.05, 0.1) is 36.0 Å². The number of aromatic nitrogens is 4. The number of rotatable bonds is 5. The predicted molar refractivity (Wildman–Crippen MR) is 171 cm³/mol. The van der Waals surface area contributed by atoms with Crippen LogP contribution in [0.15, 0.2) is 79.0 Å². The van der Waals surface area contributed by atoms with Gasteiger partial charge in [0.25, 0.3) is 5.91 Å². The fourth-order valence-electron chi connectivity index (χ4n) is 5.14. The van der Waals surface area contributed by atoms with E-state index in [2.05, 4.69) is 41.4 Å². The lowest BCUT2D eigenvalue weighted by Crippen LogP contribution is -2.41. The van der Waals surface area contributed by atoms with E-state index in [1.807, 2.05) is 73.7 Å². The van der Waals surface area contributed by atoms with Crippen LogP contribution in [0.2, 0.25) is 0 Å². The molecule has 5 aromatic rings. The number of hydrogen-bond acceptors (Lipinski definition) is 6. The Kier molecular flexibility index (Phi) is 7.84. The van der Waals surface area contributed by atoms with Crippen LogP contribution >= 0.6 is 0 Å². The summed E-state index contributed by atoms with van der Waals surface area (Å²) < 4.78 is 7.13. The molecule has 0 aliphatic carbocycles. The van der Waals surface area contributed by atoms with Crippen molar-refractivity contribution in [1.29, 1.82) is 0 Å². The van der Waals surface area contributed by atoms with Crippen LogP contribution in [0.25, 0.3) is 27.7 Å². The average Bonchev–Trinajstić information content (AvgIpc) is 3.46. The smallest absolute Gasteiger partial charge is 0.324 e. The van der Waals surface area contributed by atoms with E-state index in [1.54, 1.807) is 21.8 Å². The lowest BCUT2D eigenvalue weighted by atomic mass is 9.92. The minimum atomic E-state index is -0.392. The third-order valence-electron chi connectivity index (χ3n) is 7.59. The number of ether oxygens (including phenoxy) is 1. The quantitative estimate of drug-likeness (QED) is 0.252. The van der Waals surface area contributed by atoms with Gasteiger partial charge in [-0.1, -0.05) is 68.8 Å². The number of hydrogen-bond donors (Lipinski definition) is 2. The number of urea groups is 1. The summed E-state index contributed by atoms with van der Waals surface area (Å²) in [5, 5.41) is 12.6. The Bertz CT molecular complexity index is 1830. The molecule has 10 nitrogen and oxygen atoms in total. The van der Waals surface area contributed by atoms with Gasteiger partial charge in [0, 0.05) is 41.7 Å². The molecule has 1 aliphatic rings. The normalized spacial score (nSPS) is 13.6. The third kappa shape index (κ3) is 6.02. The number of carbonyl (C=O) groups excluding carboxylic acids is 2. The van der Waals surface area contributed by atoms with Crippen molar-refractivity contribution in [3.63, 3.8) is 0 Å². The van der Waals surface area contributed by atoms with E-state index < -0.39 is 6.03 Å². The zero-order valence-corrected chi connectivity index (χ0v) is 25.3. The number of morpholine rings is 1. The Hall–Kier alpha value is -5.09. The lowest BCUT2D eigenvalue weighted by Gasteiger charge is -2.26. The molecule has 1 aliphatic heterocycles. The van der Waals surface area contributed by atoms with Crippen LogP contribution in [-0.2, 0) is 10.2 Å². The number of benzene rings is 3. The largest absolute Gasteiger partial charge is 0.378 e. The monoisotopic (exact) mass is 589 g/mol. The summed E-state index contributed by atoms with van der Waals surface area (Å²) in [5.41, 5.74) is 4.74. The molecule has 0 atom stereocenters. The fourth-order valence-corrected chi connectivity index (χ4v) is 5.14. The zero-order valence-electron chi connectivity index (χ0n) is 25.3. The van der Waals surface area contributed by atoms with E-state index in [0.717, 1.165) is 33.3 Å². The molecule has 3 amide bonds. The van der Waals surface area contributed by atoms with Crippen molar-refractivity contribution < 1.29 is 14.3 Å². The maximum absolute atomic E-state index is 13.4. The van der Waals surface area contributed by atoms with E-state index in [9.17, 15) is 9.59 Å². The molecular formula is C34H35N7O3. The first-order valence-electron chi connectivity index (χ1n) is 14.7. The molecule has 1 fully saturated rings. The molecule has 0 spiro atoms. The zero-order chi connectivity index (χ0) is 30.8. The molecule has 10 heteroatoms. The van der Waals surface area contributed by atoms with Crippen LogP contribution in [0.1, 0.15) is 42.6 Å². The van der Waals surface area contributed by atoms with Gasteiger partial charge in [-0.05, 0) is 36.6 Å². The number of aryl methyl sites for hydroxylation is 1. The second-order valence-corrected chi connectivity index (χ2v) is 11.9. The van der Waals surface area contributed by atoms with Gasteiger partial charge in [0.15, 0.2) is 0 Å². The highest BCUT2D eigenvalue weighted by atomic mass is 16.5. The third-order valence-corrected chi connectivity index (χ3v) is 7.59. The summed E-state index contributed by atoms with van der Waals surface area (Å²) >= 11 is 0. The number of nitrogens with one attached hydrogen (secondary N) is 2. The Morgan fingerprint density at radius 2 is 1.61 bits per heavy atom. The van der Waals surface area contributed by atoms with Crippen LogP contribution in [0, 0.1) is 6.92 Å². The van der Waals surface area contributed by atoms with Crippen molar-refractivity contribution in [1.82, 2.24) is 24.6 Å². The molecule has 224 valence electrons. The van der Waals surface area contributed by atoms with E-state index >= 15 is 0 Å². The Labute approximate surface area is 256 Å². The maximum atomic E-state index is 13.4. The molecule has 2 N–H and O–H groups in total. The highest BCUT2D eigenvalue weighted by Gasteiger charge is 2.23. The van der Waals surface area contributed by atoms with Gasteiger partial charge in [-0.2, -0.15) is 5.10 Å². The van der Waals surface area contributed by atoms with E-state index in [-0.39, 0.29) is 17.1 Å². The van der Waals surface area contributed by atoms with Crippen molar-refractivity contribution in [2.45, 2.75) is 33.1 Å². The molecule has 0 unspecified atom stereocenters. The van der Waals surface area contributed by atoms with Gasteiger partial charge in [-0.15, -0.1) is 0 Å². The summed E-state index contributed by atoms with van der Waals surface area (Å²) in [7, 11) is 0. The predicted octanol–water partition coefficient (Wildman–Crippen LogP) is 6.20. The lowest BCUT2D eigenvalue weighted by molar-refractivity contribution is 0.0295. The molecule has 3 heterocycles. The first-order chi connectivity index (χ1) is 21.2. The summed E-state index contributed by atoms with van der Waals surface area (Å²) in [6, 6.07) is 22.8. The molecule has 0 bridgehead atoms. The van der Waals surface area contributed by atoms with Gasteiger partial charge >= 0.3 is 6.03 Å². The van der Waals surface area contributed by atoms with E-state index in [0.29, 0.717) is 43.5 Å².